The lowest BCUT2D eigenvalue weighted by Gasteiger charge is -2.14. The van der Waals surface area contributed by atoms with Crippen molar-refractivity contribution >= 4 is 23.4 Å². The van der Waals surface area contributed by atoms with E-state index in [-0.39, 0.29) is 18.1 Å². The van der Waals surface area contributed by atoms with E-state index in [1.807, 2.05) is 54.6 Å². The number of hydrogen-bond donors (Lipinski definition) is 1. The van der Waals surface area contributed by atoms with Crippen LogP contribution in [0.4, 0.5) is 10.1 Å². The Hall–Kier alpha value is -3.57. The second-order valence-corrected chi connectivity index (χ2v) is 8.94. The fourth-order valence-corrected chi connectivity index (χ4v) is 4.20. The van der Waals surface area contributed by atoms with Crippen LogP contribution in [0.1, 0.15) is 12.5 Å². The quantitative estimate of drug-likeness (QED) is 0.237. The maximum absolute atomic E-state index is 14.2. The highest BCUT2D eigenvalue weighted by Crippen LogP contribution is 2.36. The standard InChI is InChI=1S/C28H24FNO2S/c1-2-33-23-15-12-20(13-16-23)18-28(31)30-22-14-17-24(21-8-4-3-5-9-21)27(19-22)32-26-11-7-6-10-25(26)29/h3-17,19H,2,18H2,1H3,(H,30,31)/p+1. The van der Waals surface area contributed by atoms with Crippen LogP contribution in [0, 0.1) is 5.82 Å². The van der Waals surface area contributed by atoms with Crippen molar-refractivity contribution in [2.24, 2.45) is 0 Å². The van der Waals surface area contributed by atoms with Gasteiger partial charge in [-0.15, -0.1) is 0 Å². The predicted molar refractivity (Wildman–Crippen MR) is 135 cm³/mol. The summed E-state index contributed by atoms with van der Waals surface area (Å²) in [6.45, 7) is 2.14. The van der Waals surface area contributed by atoms with Crippen LogP contribution in [0.3, 0.4) is 0 Å². The first-order valence-electron chi connectivity index (χ1n) is 10.8. The van der Waals surface area contributed by atoms with Crippen LogP contribution in [0.2, 0.25) is 0 Å². The zero-order valence-corrected chi connectivity index (χ0v) is 19.2. The predicted octanol–water partition coefficient (Wildman–Crippen LogP) is 6.66. The van der Waals surface area contributed by atoms with Crippen LogP contribution in [0.15, 0.2) is 102 Å². The smallest absolute Gasteiger partial charge is 0.228 e. The van der Waals surface area contributed by atoms with Gasteiger partial charge in [-0.05, 0) is 54.4 Å². The minimum Gasteiger partial charge on any atom is -0.454 e. The Morgan fingerprint density at radius 3 is 2.33 bits per heavy atom. The molecule has 5 heteroatoms. The lowest BCUT2D eigenvalue weighted by atomic mass is 10.0. The summed E-state index contributed by atoms with van der Waals surface area (Å²) in [6, 6.07) is 29.5. The Bertz CT molecular complexity index is 1230. The molecule has 0 saturated carbocycles. The molecular formula is C28H25FNO2S+. The lowest BCUT2D eigenvalue weighted by Crippen LogP contribution is -2.14. The number of carbonyl (C=O) groups is 1. The van der Waals surface area contributed by atoms with E-state index in [1.165, 1.54) is 22.7 Å². The fraction of sp³-hybridized carbons (Fsp3) is 0.107. The van der Waals surface area contributed by atoms with Crippen LogP contribution in [-0.4, -0.2) is 11.7 Å². The molecule has 0 radical (unpaired) electrons. The van der Waals surface area contributed by atoms with Crippen molar-refractivity contribution in [3.8, 4) is 22.6 Å². The summed E-state index contributed by atoms with van der Waals surface area (Å²) in [4.78, 5) is 13.9. The first kappa shape index (κ1) is 22.6. The zero-order chi connectivity index (χ0) is 23.0. The van der Waals surface area contributed by atoms with Crippen molar-refractivity contribution in [1.82, 2.24) is 0 Å². The van der Waals surface area contributed by atoms with Gasteiger partial charge in [-0.3, -0.25) is 4.79 Å². The molecule has 1 N–H and O–H groups in total. The Labute approximate surface area is 197 Å². The van der Waals surface area contributed by atoms with Crippen LogP contribution >= 0.6 is 0 Å². The van der Waals surface area contributed by atoms with Gasteiger partial charge >= 0.3 is 0 Å². The number of nitrogens with one attached hydrogen (secondary N) is 1. The first-order chi connectivity index (χ1) is 16.1. The number of rotatable bonds is 8. The van der Waals surface area contributed by atoms with Gasteiger partial charge in [0.1, 0.15) is 11.5 Å². The highest BCUT2D eigenvalue weighted by Gasteiger charge is 2.13. The van der Waals surface area contributed by atoms with Gasteiger partial charge < -0.3 is 10.1 Å². The highest BCUT2D eigenvalue weighted by atomic mass is 32.2. The molecule has 0 unspecified atom stereocenters. The average Bonchev–Trinajstić information content (AvgIpc) is 2.83. The van der Waals surface area contributed by atoms with Crippen molar-refractivity contribution in [3.05, 3.63) is 108 Å². The van der Waals surface area contributed by atoms with Crippen LogP contribution in [0.5, 0.6) is 11.5 Å². The van der Waals surface area contributed by atoms with Crippen LogP contribution in [-0.2, 0) is 23.0 Å². The third-order valence-corrected chi connectivity index (χ3v) is 6.03. The summed E-state index contributed by atoms with van der Waals surface area (Å²) in [5.41, 5.74) is 3.29. The van der Waals surface area contributed by atoms with Gasteiger partial charge in [0.25, 0.3) is 0 Å². The molecule has 4 aromatic carbocycles. The highest BCUT2D eigenvalue weighted by molar-refractivity contribution is 7.78. The van der Waals surface area contributed by atoms with Crippen molar-refractivity contribution < 1.29 is 13.9 Å². The lowest BCUT2D eigenvalue weighted by molar-refractivity contribution is -0.115. The molecule has 0 aliphatic rings. The summed E-state index contributed by atoms with van der Waals surface area (Å²) < 4.78 is 20.2. The molecule has 0 atom stereocenters. The van der Waals surface area contributed by atoms with E-state index < -0.39 is 5.82 Å². The largest absolute Gasteiger partial charge is 0.454 e. The number of amides is 1. The van der Waals surface area contributed by atoms with Gasteiger partial charge in [0.2, 0.25) is 5.91 Å². The third-order valence-electron chi connectivity index (χ3n) is 5.05. The number of hydrogen-bond acceptors (Lipinski definition) is 2. The number of benzene rings is 4. The van der Waals surface area contributed by atoms with E-state index in [0.29, 0.717) is 11.4 Å². The molecule has 0 aliphatic heterocycles. The number of carbonyl (C=O) groups excluding carboxylic acids is 1. The van der Waals surface area contributed by atoms with Gasteiger partial charge in [0.05, 0.1) is 6.42 Å². The summed E-state index contributed by atoms with van der Waals surface area (Å²) in [7, 11) is 0. The van der Waals surface area contributed by atoms with Crippen LogP contribution < -0.4 is 10.1 Å². The molecular weight excluding hydrogens is 433 g/mol. The topological polar surface area (TPSA) is 38.3 Å². The number of ether oxygens (including phenoxy) is 1. The van der Waals surface area contributed by atoms with E-state index >= 15 is 0 Å². The molecule has 166 valence electrons. The van der Waals surface area contributed by atoms with E-state index in [0.717, 1.165) is 22.4 Å². The number of halogens is 1. The molecule has 3 nitrogen and oxygen atoms in total. The van der Waals surface area contributed by atoms with E-state index in [9.17, 15) is 9.18 Å². The molecule has 4 aromatic rings. The summed E-state index contributed by atoms with van der Waals surface area (Å²) in [5.74, 6) is 1.09. The van der Waals surface area contributed by atoms with Crippen molar-refractivity contribution in [2.45, 2.75) is 18.2 Å². The second kappa shape index (κ2) is 10.8. The third kappa shape index (κ3) is 6.02. The maximum atomic E-state index is 14.2. The van der Waals surface area contributed by atoms with Crippen molar-refractivity contribution in [3.63, 3.8) is 0 Å². The molecule has 0 spiro atoms. The Morgan fingerprint density at radius 2 is 1.61 bits per heavy atom. The number of para-hydroxylation sites is 1. The summed E-state index contributed by atoms with van der Waals surface area (Å²) in [5, 5.41) is 2.94. The minimum atomic E-state index is -0.447. The Morgan fingerprint density at radius 1 is 0.879 bits per heavy atom. The molecule has 0 bridgehead atoms. The fourth-order valence-electron chi connectivity index (χ4n) is 3.48. The van der Waals surface area contributed by atoms with Gasteiger partial charge in [-0.25, -0.2) is 4.39 Å². The second-order valence-electron chi connectivity index (χ2n) is 7.48. The monoisotopic (exact) mass is 458 g/mol. The van der Waals surface area contributed by atoms with Gasteiger partial charge in [-0.1, -0.05) is 54.6 Å². The zero-order valence-electron chi connectivity index (χ0n) is 18.3. The van der Waals surface area contributed by atoms with E-state index in [1.54, 1.807) is 24.3 Å². The molecule has 33 heavy (non-hydrogen) atoms. The first-order valence-corrected chi connectivity index (χ1v) is 11.9. The molecule has 0 fully saturated rings. The minimum absolute atomic E-state index is 0.125. The van der Waals surface area contributed by atoms with Gasteiger partial charge in [0.15, 0.2) is 16.5 Å². The molecule has 1 amide bonds. The van der Waals surface area contributed by atoms with Gasteiger partial charge in [0, 0.05) is 29.1 Å². The SMILES string of the molecule is CC[SH+]c1ccc(CC(=O)Nc2ccc(-c3ccccc3)c(Oc3ccccc3F)c2)cc1. The van der Waals surface area contributed by atoms with E-state index in [4.69, 9.17) is 4.74 Å². The van der Waals surface area contributed by atoms with Gasteiger partial charge in [-0.2, -0.15) is 0 Å². The van der Waals surface area contributed by atoms with Crippen molar-refractivity contribution in [1.29, 1.82) is 0 Å². The average molecular weight is 459 g/mol. The van der Waals surface area contributed by atoms with Crippen LogP contribution in [0.25, 0.3) is 11.1 Å². The Balaban J connectivity index is 1.56. The number of thiol groups is 1. The molecule has 0 heterocycles. The maximum Gasteiger partial charge on any atom is 0.228 e. The molecule has 0 aliphatic carbocycles. The summed E-state index contributed by atoms with van der Waals surface area (Å²) in [6.07, 6.45) is 0.271. The normalized spacial score (nSPS) is 10.6. The van der Waals surface area contributed by atoms with E-state index in [2.05, 4.69) is 24.4 Å². The summed E-state index contributed by atoms with van der Waals surface area (Å²) >= 11 is 1.28. The number of anilines is 1. The van der Waals surface area contributed by atoms with Crippen molar-refractivity contribution in [2.75, 3.05) is 11.1 Å². The molecule has 4 rings (SSSR count). The molecule has 0 aromatic heterocycles. The molecule has 0 saturated heterocycles. The Kier molecular flexibility index (Phi) is 7.43.